The Hall–Kier alpha value is -3.05. The molecule has 4 rings (SSSR count). The Labute approximate surface area is 148 Å². The molecule has 0 bridgehead atoms. The maximum Gasteiger partial charge on any atom is 0.0998 e. The van der Waals surface area contributed by atoms with E-state index in [4.69, 9.17) is 0 Å². The van der Waals surface area contributed by atoms with Crippen molar-refractivity contribution in [3.8, 4) is 6.07 Å². The summed E-state index contributed by atoms with van der Waals surface area (Å²) in [7, 11) is 0. The Morgan fingerprint density at radius 2 is 1.48 bits per heavy atom. The zero-order valence-electron chi connectivity index (χ0n) is 14.2. The third-order valence-corrected chi connectivity index (χ3v) is 4.96. The summed E-state index contributed by atoms with van der Waals surface area (Å²) in [4.78, 5) is 2.45. The van der Waals surface area contributed by atoms with Gasteiger partial charge in [-0.25, -0.2) is 0 Å². The Morgan fingerprint density at radius 1 is 0.800 bits per heavy atom. The molecule has 3 aromatic rings. The molecule has 1 aliphatic heterocycles. The summed E-state index contributed by atoms with van der Waals surface area (Å²) in [5.41, 5.74) is 4.77. The molecule has 0 aromatic heterocycles. The molecule has 1 saturated heterocycles. The van der Waals surface area contributed by atoms with Gasteiger partial charge in [0, 0.05) is 24.2 Å². The number of para-hydroxylation sites is 1. The van der Waals surface area contributed by atoms with Gasteiger partial charge in [-0.2, -0.15) is 5.26 Å². The van der Waals surface area contributed by atoms with Crippen LogP contribution < -0.4 is 4.90 Å². The van der Waals surface area contributed by atoms with E-state index >= 15 is 0 Å². The molecule has 25 heavy (non-hydrogen) atoms. The summed E-state index contributed by atoms with van der Waals surface area (Å²) >= 11 is 0. The van der Waals surface area contributed by atoms with Crippen LogP contribution >= 0.6 is 0 Å². The first-order chi connectivity index (χ1) is 12.3. The lowest BCUT2D eigenvalue weighted by Crippen LogP contribution is -2.30. The van der Waals surface area contributed by atoms with Gasteiger partial charge in [-0.15, -0.1) is 0 Å². The third-order valence-electron chi connectivity index (χ3n) is 4.96. The molecule has 2 nitrogen and oxygen atoms in total. The average Bonchev–Trinajstić information content (AvgIpc) is 2.69. The molecular weight excluding hydrogens is 304 g/mol. The van der Waals surface area contributed by atoms with Crippen LogP contribution in [0, 0.1) is 11.3 Å². The first-order valence-corrected chi connectivity index (χ1v) is 8.76. The second-order valence-corrected chi connectivity index (χ2v) is 6.48. The van der Waals surface area contributed by atoms with Crippen molar-refractivity contribution in [2.75, 3.05) is 18.0 Å². The lowest BCUT2D eigenvalue weighted by molar-refractivity contribution is 0.689. The fourth-order valence-electron chi connectivity index (χ4n) is 3.60. The van der Waals surface area contributed by atoms with Crippen molar-refractivity contribution in [3.63, 3.8) is 0 Å². The van der Waals surface area contributed by atoms with Crippen molar-refractivity contribution in [1.82, 2.24) is 0 Å². The number of nitriles is 1. The minimum atomic E-state index is 0.747. The van der Waals surface area contributed by atoms with E-state index in [-0.39, 0.29) is 0 Å². The molecule has 0 amide bonds. The predicted molar refractivity (Wildman–Crippen MR) is 105 cm³/mol. The first kappa shape index (κ1) is 15.5. The molecule has 0 atom stereocenters. The Morgan fingerprint density at radius 3 is 2.20 bits per heavy atom. The molecule has 122 valence electrons. The number of fused-ring (bicyclic) bond motifs is 1. The number of hydrogen-bond donors (Lipinski definition) is 0. The summed E-state index contributed by atoms with van der Waals surface area (Å²) in [6.07, 6.45) is 4.50. The standard InChI is InChI=1S/C23H20N2/c24-17-20-11-10-19(22-8-4-5-9-23(20)22)16-18-12-14-25(15-13-18)21-6-2-1-3-7-21/h1-11,16H,12-15H2. The van der Waals surface area contributed by atoms with Crippen LogP contribution in [0.2, 0.25) is 0 Å². The van der Waals surface area contributed by atoms with Crippen LogP contribution in [-0.4, -0.2) is 13.1 Å². The number of rotatable bonds is 2. The summed E-state index contributed by atoms with van der Waals surface area (Å²) in [6.45, 7) is 2.12. The summed E-state index contributed by atoms with van der Waals surface area (Å²) in [5, 5.41) is 11.5. The van der Waals surface area contributed by atoms with Gasteiger partial charge in [0.1, 0.15) is 0 Å². The number of piperidine rings is 1. The highest BCUT2D eigenvalue weighted by atomic mass is 15.1. The normalized spacial score (nSPS) is 14.4. The van der Waals surface area contributed by atoms with E-state index in [2.05, 4.69) is 59.5 Å². The third kappa shape index (κ3) is 3.14. The van der Waals surface area contributed by atoms with Crippen molar-refractivity contribution >= 4 is 22.5 Å². The lowest BCUT2D eigenvalue weighted by atomic mass is 9.95. The van der Waals surface area contributed by atoms with Crippen molar-refractivity contribution in [1.29, 1.82) is 5.26 Å². The topological polar surface area (TPSA) is 27.0 Å². The largest absolute Gasteiger partial charge is 0.371 e. The minimum Gasteiger partial charge on any atom is -0.371 e. The van der Waals surface area contributed by atoms with E-state index in [0.29, 0.717) is 0 Å². The fraction of sp³-hybridized carbons (Fsp3) is 0.174. The van der Waals surface area contributed by atoms with E-state index in [1.165, 1.54) is 22.2 Å². The lowest BCUT2D eigenvalue weighted by Gasteiger charge is -2.30. The molecule has 0 unspecified atom stereocenters. The molecule has 0 spiro atoms. The Bertz CT molecular complexity index is 954. The molecule has 3 aromatic carbocycles. The molecule has 0 radical (unpaired) electrons. The Balaban J connectivity index is 1.59. The predicted octanol–water partition coefficient (Wildman–Crippen LogP) is 5.40. The monoisotopic (exact) mass is 324 g/mol. The zero-order valence-corrected chi connectivity index (χ0v) is 14.2. The van der Waals surface area contributed by atoms with E-state index in [0.717, 1.165) is 36.9 Å². The van der Waals surface area contributed by atoms with Crippen molar-refractivity contribution < 1.29 is 0 Å². The summed E-state index contributed by atoms with van der Waals surface area (Å²) < 4.78 is 0. The number of benzene rings is 3. The van der Waals surface area contributed by atoms with Crippen LogP contribution in [-0.2, 0) is 0 Å². The highest BCUT2D eigenvalue weighted by Crippen LogP contribution is 2.28. The van der Waals surface area contributed by atoms with Gasteiger partial charge < -0.3 is 4.90 Å². The summed E-state index contributed by atoms with van der Waals surface area (Å²) in [5.74, 6) is 0. The summed E-state index contributed by atoms with van der Waals surface area (Å²) in [6, 6.07) is 25.1. The van der Waals surface area contributed by atoms with Crippen molar-refractivity contribution in [2.24, 2.45) is 0 Å². The minimum absolute atomic E-state index is 0.747. The van der Waals surface area contributed by atoms with Gasteiger partial charge in [0.25, 0.3) is 0 Å². The number of hydrogen-bond acceptors (Lipinski definition) is 2. The second kappa shape index (κ2) is 6.83. The number of nitrogens with zero attached hydrogens (tertiary/aromatic N) is 2. The average molecular weight is 324 g/mol. The van der Waals surface area contributed by atoms with Crippen LogP contribution in [0.5, 0.6) is 0 Å². The highest BCUT2D eigenvalue weighted by molar-refractivity contribution is 5.94. The fourth-order valence-corrected chi connectivity index (χ4v) is 3.60. The molecule has 1 heterocycles. The van der Waals surface area contributed by atoms with Gasteiger partial charge in [0.2, 0.25) is 0 Å². The quantitative estimate of drug-likeness (QED) is 0.631. The van der Waals surface area contributed by atoms with Gasteiger partial charge in [0.05, 0.1) is 11.6 Å². The molecule has 2 heteroatoms. The molecule has 1 fully saturated rings. The smallest absolute Gasteiger partial charge is 0.0998 e. The van der Waals surface area contributed by atoms with E-state index in [9.17, 15) is 5.26 Å². The zero-order chi connectivity index (χ0) is 17.1. The van der Waals surface area contributed by atoms with Crippen LogP contribution in [0.25, 0.3) is 16.8 Å². The second-order valence-electron chi connectivity index (χ2n) is 6.48. The van der Waals surface area contributed by atoms with Gasteiger partial charge >= 0.3 is 0 Å². The molecule has 1 aliphatic rings. The van der Waals surface area contributed by atoms with E-state index in [1.54, 1.807) is 0 Å². The SMILES string of the molecule is N#Cc1ccc(C=C2CCN(c3ccccc3)CC2)c2ccccc12. The molecule has 0 saturated carbocycles. The van der Waals surface area contributed by atoms with Gasteiger partial charge in [-0.3, -0.25) is 0 Å². The van der Waals surface area contributed by atoms with Crippen LogP contribution in [0.3, 0.4) is 0 Å². The van der Waals surface area contributed by atoms with Gasteiger partial charge in [-0.1, -0.05) is 60.2 Å². The molecule has 0 aliphatic carbocycles. The molecule has 0 N–H and O–H groups in total. The van der Waals surface area contributed by atoms with Crippen LogP contribution in [0.1, 0.15) is 24.0 Å². The van der Waals surface area contributed by atoms with E-state index in [1.807, 2.05) is 24.3 Å². The first-order valence-electron chi connectivity index (χ1n) is 8.76. The van der Waals surface area contributed by atoms with Crippen molar-refractivity contribution in [2.45, 2.75) is 12.8 Å². The van der Waals surface area contributed by atoms with Gasteiger partial charge in [-0.05, 0) is 42.0 Å². The van der Waals surface area contributed by atoms with Crippen molar-refractivity contribution in [3.05, 3.63) is 83.4 Å². The number of anilines is 1. The maximum atomic E-state index is 9.31. The van der Waals surface area contributed by atoms with Crippen LogP contribution in [0.15, 0.2) is 72.3 Å². The Kier molecular flexibility index (Phi) is 4.23. The maximum absolute atomic E-state index is 9.31. The highest BCUT2D eigenvalue weighted by Gasteiger charge is 2.14. The van der Waals surface area contributed by atoms with Crippen LogP contribution in [0.4, 0.5) is 5.69 Å². The van der Waals surface area contributed by atoms with Gasteiger partial charge in [0.15, 0.2) is 0 Å². The van der Waals surface area contributed by atoms with E-state index < -0.39 is 0 Å². The molecular formula is C23H20N2.